The summed E-state index contributed by atoms with van der Waals surface area (Å²) in [6.07, 6.45) is -3.58. The van der Waals surface area contributed by atoms with Crippen molar-refractivity contribution in [2.75, 3.05) is 6.54 Å². The predicted octanol–water partition coefficient (Wildman–Crippen LogP) is 2.99. The second-order valence-corrected chi connectivity index (χ2v) is 5.24. The molecule has 92 valence electrons. The molecule has 0 aliphatic carbocycles. The van der Waals surface area contributed by atoms with Crippen LogP contribution >= 0.6 is 11.3 Å². The topological polar surface area (TPSA) is 24.9 Å². The van der Waals surface area contributed by atoms with E-state index in [-0.39, 0.29) is 5.01 Å². The second-order valence-electron chi connectivity index (χ2n) is 4.04. The molecule has 0 amide bonds. The number of nitrogens with one attached hydrogen (secondary N) is 1. The van der Waals surface area contributed by atoms with Crippen LogP contribution in [0, 0.1) is 5.92 Å². The van der Waals surface area contributed by atoms with Crippen molar-refractivity contribution >= 4 is 11.3 Å². The van der Waals surface area contributed by atoms with Crippen molar-refractivity contribution in [3.05, 3.63) is 16.1 Å². The van der Waals surface area contributed by atoms with E-state index in [0.717, 1.165) is 22.8 Å². The van der Waals surface area contributed by atoms with E-state index in [2.05, 4.69) is 24.1 Å². The van der Waals surface area contributed by atoms with E-state index in [4.69, 9.17) is 0 Å². The van der Waals surface area contributed by atoms with E-state index >= 15 is 0 Å². The van der Waals surface area contributed by atoms with Crippen LogP contribution in [0.5, 0.6) is 0 Å². The van der Waals surface area contributed by atoms with Gasteiger partial charge in [-0.2, -0.15) is 13.2 Å². The first-order chi connectivity index (χ1) is 7.37. The summed E-state index contributed by atoms with van der Waals surface area (Å²) in [6, 6.07) is 0. The van der Waals surface area contributed by atoms with E-state index in [1.54, 1.807) is 0 Å². The zero-order valence-corrected chi connectivity index (χ0v) is 10.1. The lowest BCUT2D eigenvalue weighted by atomic mass is 10.2. The first-order valence-corrected chi connectivity index (χ1v) is 5.89. The molecule has 0 atom stereocenters. The number of halogens is 3. The standard InChI is InChI=1S/C10H15F3N2S/c1-7(2)4-14-5-8-6-15-9(16-8)3-10(11,12)13/h6-7,14H,3-5H2,1-2H3. The largest absolute Gasteiger partial charge is 0.395 e. The van der Waals surface area contributed by atoms with Crippen LogP contribution in [-0.4, -0.2) is 17.7 Å². The van der Waals surface area contributed by atoms with Crippen molar-refractivity contribution in [3.63, 3.8) is 0 Å². The maximum Gasteiger partial charge on any atom is 0.395 e. The molecule has 1 aromatic heterocycles. The molecule has 0 aliphatic rings. The minimum Gasteiger partial charge on any atom is -0.312 e. The molecular weight excluding hydrogens is 237 g/mol. The fraction of sp³-hybridized carbons (Fsp3) is 0.700. The third kappa shape index (κ3) is 5.46. The number of alkyl halides is 3. The van der Waals surface area contributed by atoms with Crippen LogP contribution in [0.15, 0.2) is 6.20 Å². The summed E-state index contributed by atoms with van der Waals surface area (Å²) >= 11 is 1.12. The predicted molar refractivity (Wildman–Crippen MR) is 58.4 cm³/mol. The molecule has 1 aromatic rings. The molecule has 0 aromatic carbocycles. The zero-order chi connectivity index (χ0) is 12.2. The number of hydrogen-bond acceptors (Lipinski definition) is 3. The Kier molecular flexibility index (Phi) is 4.73. The van der Waals surface area contributed by atoms with E-state index in [1.807, 2.05) is 0 Å². The SMILES string of the molecule is CC(C)CNCc1cnc(CC(F)(F)F)s1. The lowest BCUT2D eigenvalue weighted by molar-refractivity contribution is -0.127. The molecule has 0 aliphatic heterocycles. The Balaban J connectivity index is 2.40. The molecule has 0 saturated carbocycles. The number of nitrogens with zero attached hydrogens (tertiary/aromatic N) is 1. The van der Waals surface area contributed by atoms with Crippen molar-refractivity contribution in [3.8, 4) is 0 Å². The van der Waals surface area contributed by atoms with Gasteiger partial charge in [-0.1, -0.05) is 13.8 Å². The minimum atomic E-state index is -4.17. The number of aromatic nitrogens is 1. The quantitative estimate of drug-likeness (QED) is 0.871. The monoisotopic (exact) mass is 252 g/mol. The molecule has 0 fully saturated rings. The Labute approximate surface area is 96.9 Å². The maximum atomic E-state index is 12.1. The Morgan fingerprint density at radius 3 is 2.69 bits per heavy atom. The van der Waals surface area contributed by atoms with Gasteiger partial charge in [0.2, 0.25) is 0 Å². The Morgan fingerprint density at radius 2 is 2.12 bits per heavy atom. The number of thiazole rings is 1. The van der Waals surface area contributed by atoms with E-state index < -0.39 is 12.6 Å². The van der Waals surface area contributed by atoms with Gasteiger partial charge < -0.3 is 5.32 Å². The number of hydrogen-bond donors (Lipinski definition) is 1. The van der Waals surface area contributed by atoms with Crippen LogP contribution in [0.1, 0.15) is 23.7 Å². The summed E-state index contributed by atoms with van der Waals surface area (Å²) in [6.45, 7) is 5.60. The summed E-state index contributed by atoms with van der Waals surface area (Å²) in [5.41, 5.74) is 0. The number of rotatable bonds is 5. The highest BCUT2D eigenvalue weighted by atomic mass is 32.1. The Hall–Kier alpha value is -0.620. The molecule has 6 heteroatoms. The average Bonchev–Trinajstić information content (AvgIpc) is 2.48. The van der Waals surface area contributed by atoms with Gasteiger partial charge in [-0.25, -0.2) is 4.98 Å². The molecule has 0 bridgehead atoms. The molecule has 0 unspecified atom stereocenters. The van der Waals surface area contributed by atoms with E-state index in [1.165, 1.54) is 6.20 Å². The third-order valence-corrected chi connectivity index (χ3v) is 2.80. The van der Waals surface area contributed by atoms with Crippen molar-refractivity contribution in [2.45, 2.75) is 33.0 Å². The summed E-state index contributed by atoms with van der Waals surface area (Å²) in [5.74, 6) is 0.530. The van der Waals surface area contributed by atoms with Gasteiger partial charge in [0.25, 0.3) is 0 Å². The van der Waals surface area contributed by atoms with Gasteiger partial charge in [-0.05, 0) is 12.5 Å². The highest BCUT2D eigenvalue weighted by molar-refractivity contribution is 7.11. The van der Waals surface area contributed by atoms with Crippen molar-refractivity contribution < 1.29 is 13.2 Å². The minimum absolute atomic E-state index is 0.133. The zero-order valence-electron chi connectivity index (χ0n) is 9.27. The van der Waals surface area contributed by atoms with E-state index in [9.17, 15) is 13.2 Å². The smallest absolute Gasteiger partial charge is 0.312 e. The van der Waals surface area contributed by atoms with Gasteiger partial charge in [0, 0.05) is 17.6 Å². The molecule has 1 N–H and O–H groups in total. The highest BCUT2D eigenvalue weighted by Crippen LogP contribution is 2.24. The van der Waals surface area contributed by atoms with Crippen LogP contribution in [0.3, 0.4) is 0 Å². The summed E-state index contributed by atoms with van der Waals surface area (Å²) in [7, 11) is 0. The average molecular weight is 252 g/mol. The van der Waals surface area contributed by atoms with Gasteiger partial charge in [-0.3, -0.25) is 0 Å². The molecule has 1 rings (SSSR count). The van der Waals surface area contributed by atoms with Crippen LogP contribution in [-0.2, 0) is 13.0 Å². The maximum absolute atomic E-state index is 12.1. The van der Waals surface area contributed by atoms with Crippen molar-refractivity contribution in [1.29, 1.82) is 0 Å². The van der Waals surface area contributed by atoms with Crippen LogP contribution in [0.4, 0.5) is 13.2 Å². The van der Waals surface area contributed by atoms with Gasteiger partial charge >= 0.3 is 6.18 Å². The second kappa shape index (κ2) is 5.63. The van der Waals surface area contributed by atoms with E-state index in [0.29, 0.717) is 12.5 Å². The van der Waals surface area contributed by atoms with Gasteiger partial charge in [-0.15, -0.1) is 11.3 Å². The summed E-state index contributed by atoms with van der Waals surface area (Å²) in [5, 5.41) is 3.30. The fourth-order valence-corrected chi connectivity index (χ4v) is 2.09. The summed E-state index contributed by atoms with van der Waals surface area (Å²) < 4.78 is 36.2. The van der Waals surface area contributed by atoms with Crippen molar-refractivity contribution in [2.24, 2.45) is 5.92 Å². The first-order valence-electron chi connectivity index (χ1n) is 5.08. The molecule has 1 heterocycles. The van der Waals surface area contributed by atoms with Gasteiger partial charge in [0.15, 0.2) is 0 Å². The highest BCUT2D eigenvalue weighted by Gasteiger charge is 2.29. The normalized spacial score (nSPS) is 12.4. The van der Waals surface area contributed by atoms with Crippen molar-refractivity contribution in [1.82, 2.24) is 10.3 Å². The Morgan fingerprint density at radius 1 is 1.44 bits per heavy atom. The molecular formula is C10H15F3N2S. The molecule has 0 saturated heterocycles. The Bertz CT molecular complexity index is 320. The lowest BCUT2D eigenvalue weighted by Crippen LogP contribution is -2.18. The van der Waals surface area contributed by atoms with Crippen LogP contribution in [0.2, 0.25) is 0 Å². The third-order valence-electron chi connectivity index (χ3n) is 1.80. The fourth-order valence-electron chi connectivity index (χ4n) is 1.17. The molecule has 2 nitrogen and oxygen atoms in total. The van der Waals surface area contributed by atoms with Crippen LogP contribution < -0.4 is 5.32 Å². The van der Waals surface area contributed by atoms with Gasteiger partial charge in [0.1, 0.15) is 5.01 Å². The molecule has 16 heavy (non-hydrogen) atoms. The summed E-state index contributed by atoms with van der Waals surface area (Å²) in [4.78, 5) is 4.60. The first kappa shape index (κ1) is 13.4. The lowest BCUT2D eigenvalue weighted by Gasteiger charge is -2.05. The molecule has 0 radical (unpaired) electrons. The van der Waals surface area contributed by atoms with Gasteiger partial charge in [0.05, 0.1) is 6.42 Å². The van der Waals surface area contributed by atoms with Crippen LogP contribution in [0.25, 0.3) is 0 Å². The molecule has 0 spiro atoms.